The Labute approximate surface area is 145 Å². The molecule has 23 heavy (non-hydrogen) atoms. The molecule has 0 radical (unpaired) electrons. The van der Waals surface area contributed by atoms with Gasteiger partial charge < -0.3 is 10.3 Å². The highest BCUT2D eigenvalue weighted by Crippen LogP contribution is 2.23. The number of benzene rings is 1. The van der Waals surface area contributed by atoms with Gasteiger partial charge in [-0.2, -0.15) is 0 Å². The summed E-state index contributed by atoms with van der Waals surface area (Å²) < 4.78 is 0. The van der Waals surface area contributed by atoms with Crippen molar-refractivity contribution in [1.82, 2.24) is 9.97 Å². The van der Waals surface area contributed by atoms with Crippen molar-refractivity contribution in [3.05, 3.63) is 51.1 Å². The minimum Gasteiger partial charge on any atom is -0.325 e. The zero-order valence-corrected chi connectivity index (χ0v) is 14.4. The van der Waals surface area contributed by atoms with Crippen LogP contribution in [0.4, 0.5) is 5.69 Å². The third kappa shape index (κ3) is 3.74. The molecule has 1 aromatic carbocycles. The number of thioether (sulfide) groups is 1. The predicted molar refractivity (Wildman–Crippen MR) is 95.6 cm³/mol. The summed E-state index contributed by atoms with van der Waals surface area (Å²) in [7, 11) is 0. The van der Waals surface area contributed by atoms with Crippen LogP contribution in [0.25, 0.3) is 10.2 Å². The molecule has 2 N–H and O–H groups in total. The monoisotopic (exact) mass is 365 g/mol. The smallest absolute Gasteiger partial charge is 0.260 e. The topological polar surface area (TPSA) is 74.8 Å². The minimum atomic E-state index is -0.411. The maximum atomic E-state index is 12.2. The van der Waals surface area contributed by atoms with Gasteiger partial charge in [0.15, 0.2) is 5.16 Å². The number of amides is 1. The molecule has 0 fully saturated rings. The molecule has 5 nitrogen and oxygen atoms in total. The third-order valence-electron chi connectivity index (χ3n) is 3.08. The van der Waals surface area contributed by atoms with Gasteiger partial charge in [0.05, 0.1) is 10.6 Å². The van der Waals surface area contributed by atoms with E-state index in [1.54, 1.807) is 37.3 Å². The number of aromatic amines is 1. The zero-order valence-electron chi connectivity index (χ0n) is 12.0. The quantitative estimate of drug-likeness (QED) is 0.545. The molecule has 0 saturated carbocycles. The lowest BCUT2D eigenvalue weighted by Crippen LogP contribution is -2.23. The lowest BCUT2D eigenvalue weighted by Gasteiger charge is -2.11. The van der Waals surface area contributed by atoms with Crippen molar-refractivity contribution < 1.29 is 4.79 Å². The fourth-order valence-electron chi connectivity index (χ4n) is 1.90. The first-order valence-corrected chi connectivity index (χ1v) is 8.87. The summed E-state index contributed by atoms with van der Waals surface area (Å²) in [5, 5.41) is 5.82. The second-order valence-electron chi connectivity index (χ2n) is 4.77. The molecule has 118 valence electrons. The third-order valence-corrected chi connectivity index (χ3v) is 5.13. The first-order valence-electron chi connectivity index (χ1n) is 6.73. The number of halogens is 1. The Bertz CT molecular complexity index is 905. The van der Waals surface area contributed by atoms with Gasteiger partial charge in [0.1, 0.15) is 4.83 Å². The normalized spacial score (nSPS) is 12.3. The van der Waals surface area contributed by atoms with E-state index in [4.69, 9.17) is 11.6 Å². The van der Waals surface area contributed by atoms with E-state index in [1.165, 1.54) is 23.1 Å². The van der Waals surface area contributed by atoms with E-state index in [9.17, 15) is 9.59 Å². The van der Waals surface area contributed by atoms with Gasteiger partial charge in [-0.05, 0) is 42.6 Å². The van der Waals surface area contributed by atoms with Gasteiger partial charge in [0.25, 0.3) is 5.56 Å². The van der Waals surface area contributed by atoms with Gasteiger partial charge in [0.2, 0.25) is 5.91 Å². The van der Waals surface area contributed by atoms with Crippen molar-refractivity contribution in [2.75, 3.05) is 5.32 Å². The molecule has 0 aliphatic heterocycles. The van der Waals surface area contributed by atoms with Gasteiger partial charge in [-0.3, -0.25) is 9.59 Å². The van der Waals surface area contributed by atoms with Gasteiger partial charge in [-0.15, -0.1) is 11.3 Å². The number of hydrogen-bond donors (Lipinski definition) is 2. The molecule has 2 heterocycles. The van der Waals surface area contributed by atoms with Crippen LogP contribution in [0.1, 0.15) is 6.92 Å². The van der Waals surface area contributed by atoms with E-state index in [0.717, 1.165) is 0 Å². The number of fused-ring (bicyclic) bond motifs is 1. The number of thiophene rings is 1. The molecule has 1 amide bonds. The Morgan fingerprint density at radius 1 is 1.35 bits per heavy atom. The number of carbonyl (C=O) groups excluding carboxylic acids is 1. The molecule has 0 saturated heterocycles. The number of carbonyl (C=O) groups is 1. The number of nitrogens with one attached hydrogen (secondary N) is 2. The van der Waals surface area contributed by atoms with Crippen LogP contribution in [0.2, 0.25) is 5.02 Å². The highest BCUT2D eigenvalue weighted by atomic mass is 35.5. The lowest BCUT2D eigenvalue weighted by atomic mass is 10.3. The van der Waals surface area contributed by atoms with E-state index in [-0.39, 0.29) is 11.5 Å². The average molecular weight is 366 g/mol. The van der Waals surface area contributed by atoms with Crippen molar-refractivity contribution >= 4 is 56.5 Å². The van der Waals surface area contributed by atoms with Crippen molar-refractivity contribution in [3.8, 4) is 0 Å². The van der Waals surface area contributed by atoms with E-state index < -0.39 is 5.25 Å². The molecule has 1 atom stereocenters. The molecule has 1 unspecified atom stereocenters. The van der Waals surface area contributed by atoms with Crippen molar-refractivity contribution in [2.24, 2.45) is 0 Å². The van der Waals surface area contributed by atoms with Crippen LogP contribution < -0.4 is 10.9 Å². The lowest BCUT2D eigenvalue weighted by molar-refractivity contribution is -0.115. The fourth-order valence-corrected chi connectivity index (χ4v) is 3.64. The molecule has 3 aromatic rings. The van der Waals surface area contributed by atoms with Crippen LogP contribution in [0.15, 0.2) is 45.7 Å². The molecule has 0 spiro atoms. The van der Waals surface area contributed by atoms with Crippen LogP contribution >= 0.6 is 34.7 Å². The maximum Gasteiger partial charge on any atom is 0.260 e. The zero-order chi connectivity index (χ0) is 16.4. The molecular weight excluding hydrogens is 354 g/mol. The summed E-state index contributed by atoms with van der Waals surface area (Å²) in [6.07, 6.45) is 0. The van der Waals surface area contributed by atoms with Crippen LogP contribution in [0, 0.1) is 0 Å². The van der Waals surface area contributed by atoms with E-state index in [1.807, 2.05) is 5.38 Å². The number of aromatic nitrogens is 2. The number of hydrogen-bond acceptors (Lipinski definition) is 5. The first kappa shape index (κ1) is 16.0. The van der Waals surface area contributed by atoms with Crippen LogP contribution in [-0.2, 0) is 4.79 Å². The van der Waals surface area contributed by atoms with Crippen molar-refractivity contribution in [2.45, 2.75) is 17.3 Å². The molecule has 0 bridgehead atoms. The minimum absolute atomic E-state index is 0.175. The Hall–Kier alpha value is -1.83. The van der Waals surface area contributed by atoms with Crippen LogP contribution in [-0.4, -0.2) is 21.1 Å². The van der Waals surface area contributed by atoms with Gasteiger partial charge in [-0.25, -0.2) is 4.98 Å². The number of H-pyrrole nitrogens is 1. The summed E-state index contributed by atoms with van der Waals surface area (Å²) in [6.45, 7) is 1.76. The molecule has 3 rings (SSSR count). The maximum absolute atomic E-state index is 12.2. The Morgan fingerprint density at radius 3 is 2.83 bits per heavy atom. The summed E-state index contributed by atoms with van der Waals surface area (Å²) in [6, 6.07) is 8.61. The van der Waals surface area contributed by atoms with Crippen molar-refractivity contribution in [1.29, 1.82) is 0 Å². The summed E-state index contributed by atoms with van der Waals surface area (Å²) in [5.74, 6) is -0.175. The Balaban J connectivity index is 1.71. The van der Waals surface area contributed by atoms with Crippen molar-refractivity contribution in [3.63, 3.8) is 0 Å². The largest absolute Gasteiger partial charge is 0.325 e. The standard InChI is InChI=1S/C15H12ClN3O2S2/c1-8(12(20)17-10-4-2-9(16)3-5-10)23-15-18-13(21)11-6-7-22-14(11)19-15/h2-8H,1H3,(H,17,20)(H,18,19,21). The van der Waals surface area contributed by atoms with E-state index in [2.05, 4.69) is 15.3 Å². The number of nitrogens with zero attached hydrogens (tertiary/aromatic N) is 1. The van der Waals surface area contributed by atoms with Gasteiger partial charge in [0, 0.05) is 10.7 Å². The highest BCUT2D eigenvalue weighted by molar-refractivity contribution is 8.00. The number of anilines is 1. The van der Waals surface area contributed by atoms with Gasteiger partial charge in [-0.1, -0.05) is 23.4 Å². The summed E-state index contributed by atoms with van der Waals surface area (Å²) in [4.78, 5) is 31.9. The molecule has 0 aliphatic rings. The molecule has 8 heteroatoms. The van der Waals surface area contributed by atoms with Crippen LogP contribution in [0.5, 0.6) is 0 Å². The van der Waals surface area contributed by atoms with E-state index in [0.29, 0.717) is 26.1 Å². The van der Waals surface area contributed by atoms with Gasteiger partial charge >= 0.3 is 0 Å². The average Bonchev–Trinajstić information content (AvgIpc) is 2.98. The number of rotatable bonds is 4. The second-order valence-corrected chi connectivity index (χ2v) is 7.43. The SMILES string of the molecule is CC(Sc1nc2sccc2c(=O)[nH]1)C(=O)Nc1ccc(Cl)cc1. The second kappa shape index (κ2) is 6.74. The predicted octanol–water partition coefficient (Wildman–Crippen LogP) is 3.76. The first-order chi connectivity index (χ1) is 11.0. The molecular formula is C15H12ClN3O2S2. The summed E-state index contributed by atoms with van der Waals surface area (Å²) >= 11 is 8.42. The fraction of sp³-hybridized carbons (Fsp3) is 0.133. The Morgan fingerprint density at radius 2 is 2.09 bits per heavy atom. The Kier molecular flexibility index (Phi) is 4.70. The highest BCUT2D eigenvalue weighted by Gasteiger charge is 2.17. The molecule has 2 aromatic heterocycles. The molecule has 0 aliphatic carbocycles. The van der Waals surface area contributed by atoms with E-state index >= 15 is 0 Å². The van der Waals surface area contributed by atoms with Crippen LogP contribution in [0.3, 0.4) is 0 Å². The summed E-state index contributed by atoms with van der Waals surface area (Å²) in [5.41, 5.74) is 0.478.